The molecule has 1 unspecified atom stereocenters. The van der Waals surface area contributed by atoms with Crippen LogP contribution in [0.4, 0.5) is 0 Å². The molecule has 4 N–H and O–H groups in total. The van der Waals surface area contributed by atoms with Gasteiger partial charge in [-0.2, -0.15) is 5.10 Å². The van der Waals surface area contributed by atoms with Gasteiger partial charge in [-0.1, -0.05) is 0 Å². The van der Waals surface area contributed by atoms with Crippen molar-refractivity contribution < 1.29 is 19.8 Å². The van der Waals surface area contributed by atoms with Crippen molar-refractivity contribution in [2.24, 2.45) is 5.73 Å². The lowest BCUT2D eigenvalue weighted by molar-refractivity contribution is -0.158. The highest BCUT2D eigenvalue weighted by Crippen LogP contribution is 2.07. The minimum absolute atomic E-state index is 0.0242. The standard InChI is InChI=1S/C8H11N3O4/c1-8(15,7(13)14)4-11-3-2-5(10-11)6(9)12/h2-3,15H,4H2,1H3,(H2,9,12)(H,13,14). The van der Waals surface area contributed by atoms with Gasteiger partial charge >= 0.3 is 5.97 Å². The molecule has 0 fully saturated rings. The van der Waals surface area contributed by atoms with E-state index in [1.165, 1.54) is 12.3 Å². The van der Waals surface area contributed by atoms with E-state index in [4.69, 9.17) is 10.8 Å². The van der Waals surface area contributed by atoms with Gasteiger partial charge in [-0.15, -0.1) is 0 Å². The van der Waals surface area contributed by atoms with E-state index < -0.39 is 17.5 Å². The summed E-state index contributed by atoms with van der Waals surface area (Å²) in [4.78, 5) is 21.3. The minimum Gasteiger partial charge on any atom is -0.479 e. The number of carbonyl (C=O) groups is 2. The lowest BCUT2D eigenvalue weighted by atomic mass is 10.1. The van der Waals surface area contributed by atoms with Crippen LogP contribution in [0.2, 0.25) is 0 Å². The van der Waals surface area contributed by atoms with Gasteiger partial charge in [0, 0.05) is 6.20 Å². The minimum atomic E-state index is -1.93. The summed E-state index contributed by atoms with van der Waals surface area (Å²) < 4.78 is 1.15. The molecule has 1 aromatic heterocycles. The SMILES string of the molecule is CC(O)(Cn1ccc(C(N)=O)n1)C(=O)O. The Balaban J connectivity index is 2.82. The number of carbonyl (C=O) groups excluding carboxylic acids is 1. The second-order valence-corrected chi connectivity index (χ2v) is 3.34. The van der Waals surface area contributed by atoms with E-state index in [9.17, 15) is 14.7 Å². The van der Waals surface area contributed by atoms with Gasteiger partial charge in [-0.05, 0) is 13.0 Å². The smallest absolute Gasteiger partial charge is 0.337 e. The fourth-order valence-electron chi connectivity index (χ4n) is 0.964. The van der Waals surface area contributed by atoms with Gasteiger partial charge in [-0.25, -0.2) is 4.79 Å². The van der Waals surface area contributed by atoms with Crippen molar-refractivity contribution in [2.75, 3.05) is 0 Å². The Morgan fingerprint density at radius 2 is 2.27 bits per heavy atom. The summed E-state index contributed by atoms with van der Waals surface area (Å²) in [6, 6.07) is 1.35. The van der Waals surface area contributed by atoms with Crippen LogP contribution in [-0.4, -0.2) is 37.5 Å². The van der Waals surface area contributed by atoms with Crippen LogP contribution in [0.15, 0.2) is 12.3 Å². The van der Waals surface area contributed by atoms with Crippen LogP contribution in [0.3, 0.4) is 0 Å². The highest BCUT2D eigenvalue weighted by molar-refractivity contribution is 5.90. The number of carboxylic acid groups (broad SMARTS) is 1. The van der Waals surface area contributed by atoms with Crippen molar-refractivity contribution in [3.63, 3.8) is 0 Å². The Hall–Kier alpha value is -1.89. The molecule has 0 aromatic carbocycles. The monoisotopic (exact) mass is 213 g/mol. The summed E-state index contributed by atoms with van der Waals surface area (Å²) in [6.45, 7) is 0.885. The maximum atomic E-state index is 10.7. The predicted octanol–water partition coefficient (Wildman–Crippen LogP) is -1.18. The molecule has 1 atom stereocenters. The zero-order valence-corrected chi connectivity index (χ0v) is 8.04. The van der Waals surface area contributed by atoms with E-state index in [2.05, 4.69) is 5.10 Å². The average Bonchev–Trinajstić information content (AvgIpc) is 2.51. The van der Waals surface area contributed by atoms with Crippen molar-refractivity contribution in [1.82, 2.24) is 9.78 Å². The van der Waals surface area contributed by atoms with Gasteiger partial charge in [0.1, 0.15) is 5.69 Å². The van der Waals surface area contributed by atoms with Crippen molar-refractivity contribution in [3.8, 4) is 0 Å². The Morgan fingerprint density at radius 1 is 1.67 bits per heavy atom. The molecule has 1 rings (SSSR count). The number of hydrogen-bond donors (Lipinski definition) is 3. The van der Waals surface area contributed by atoms with Gasteiger partial charge < -0.3 is 15.9 Å². The topological polar surface area (TPSA) is 118 Å². The van der Waals surface area contributed by atoms with E-state index in [1.807, 2.05) is 0 Å². The largest absolute Gasteiger partial charge is 0.479 e. The quantitative estimate of drug-likeness (QED) is 0.581. The number of aromatic nitrogens is 2. The zero-order chi connectivity index (χ0) is 11.6. The molecular formula is C8H11N3O4. The maximum absolute atomic E-state index is 10.7. The van der Waals surface area contributed by atoms with Gasteiger partial charge in [-0.3, -0.25) is 9.48 Å². The van der Waals surface area contributed by atoms with E-state index >= 15 is 0 Å². The Bertz CT molecular complexity index is 396. The third-order valence-electron chi connectivity index (χ3n) is 1.82. The van der Waals surface area contributed by atoms with E-state index in [0.717, 1.165) is 11.6 Å². The van der Waals surface area contributed by atoms with Gasteiger partial charge in [0.2, 0.25) is 0 Å². The molecule has 0 spiro atoms. The van der Waals surface area contributed by atoms with Crippen LogP contribution in [0.5, 0.6) is 0 Å². The molecule has 0 saturated heterocycles. The van der Waals surface area contributed by atoms with E-state index in [1.54, 1.807) is 0 Å². The van der Waals surface area contributed by atoms with Crippen molar-refractivity contribution in [1.29, 1.82) is 0 Å². The number of primary amides is 1. The predicted molar refractivity (Wildman–Crippen MR) is 49.0 cm³/mol. The molecule has 82 valence electrons. The first-order chi connectivity index (χ1) is 6.83. The molecular weight excluding hydrogens is 202 g/mol. The molecule has 15 heavy (non-hydrogen) atoms. The van der Waals surface area contributed by atoms with Crippen LogP contribution >= 0.6 is 0 Å². The van der Waals surface area contributed by atoms with Gasteiger partial charge in [0.15, 0.2) is 5.60 Å². The van der Waals surface area contributed by atoms with Crippen molar-refractivity contribution in [3.05, 3.63) is 18.0 Å². The van der Waals surface area contributed by atoms with Crippen LogP contribution in [0, 0.1) is 0 Å². The zero-order valence-electron chi connectivity index (χ0n) is 8.04. The second kappa shape index (κ2) is 3.70. The summed E-state index contributed by atoms with van der Waals surface area (Å²) >= 11 is 0. The molecule has 0 saturated carbocycles. The number of aliphatic carboxylic acids is 1. The average molecular weight is 213 g/mol. The lowest BCUT2D eigenvalue weighted by Crippen LogP contribution is -2.39. The first kappa shape index (κ1) is 11.2. The van der Waals surface area contributed by atoms with Gasteiger partial charge in [0.25, 0.3) is 5.91 Å². The Labute approximate surface area is 85.1 Å². The van der Waals surface area contributed by atoms with E-state index in [0.29, 0.717) is 0 Å². The lowest BCUT2D eigenvalue weighted by Gasteiger charge is -2.17. The molecule has 1 amide bonds. The molecule has 7 nitrogen and oxygen atoms in total. The number of carboxylic acids is 1. The normalized spacial score (nSPS) is 14.5. The molecule has 1 aromatic rings. The summed E-state index contributed by atoms with van der Waals surface area (Å²) in [7, 11) is 0. The molecule has 0 aliphatic heterocycles. The number of nitrogens with two attached hydrogens (primary N) is 1. The molecule has 7 heteroatoms. The second-order valence-electron chi connectivity index (χ2n) is 3.34. The van der Waals surface area contributed by atoms with Crippen LogP contribution in [-0.2, 0) is 11.3 Å². The first-order valence-corrected chi connectivity index (χ1v) is 4.12. The van der Waals surface area contributed by atoms with Gasteiger partial charge in [0.05, 0.1) is 6.54 Å². The highest BCUT2D eigenvalue weighted by atomic mass is 16.4. The van der Waals surface area contributed by atoms with Crippen molar-refractivity contribution in [2.45, 2.75) is 19.1 Å². The van der Waals surface area contributed by atoms with Crippen LogP contribution in [0.25, 0.3) is 0 Å². The fraction of sp³-hybridized carbons (Fsp3) is 0.375. The van der Waals surface area contributed by atoms with E-state index in [-0.39, 0.29) is 12.2 Å². The molecule has 1 heterocycles. The first-order valence-electron chi connectivity index (χ1n) is 4.12. The van der Waals surface area contributed by atoms with Crippen LogP contribution < -0.4 is 5.73 Å². The summed E-state index contributed by atoms with van der Waals surface area (Å²) in [6.07, 6.45) is 1.37. The molecule has 0 radical (unpaired) electrons. The number of amides is 1. The Morgan fingerprint density at radius 3 is 2.67 bits per heavy atom. The molecule has 0 bridgehead atoms. The summed E-state index contributed by atoms with van der Waals surface area (Å²) in [5.41, 5.74) is 3.05. The maximum Gasteiger partial charge on any atom is 0.337 e. The third-order valence-corrected chi connectivity index (χ3v) is 1.82. The molecule has 0 aliphatic carbocycles. The Kier molecular flexibility index (Phi) is 2.76. The fourth-order valence-corrected chi connectivity index (χ4v) is 0.964. The number of nitrogens with zero attached hydrogens (tertiary/aromatic N) is 2. The summed E-state index contributed by atoms with van der Waals surface area (Å²) in [5.74, 6) is -2.07. The summed E-state index contributed by atoms with van der Waals surface area (Å²) in [5, 5.41) is 21.7. The number of rotatable bonds is 4. The molecule has 0 aliphatic rings. The highest BCUT2D eigenvalue weighted by Gasteiger charge is 2.30. The number of hydrogen-bond acceptors (Lipinski definition) is 4. The van der Waals surface area contributed by atoms with Crippen molar-refractivity contribution >= 4 is 11.9 Å². The third kappa shape index (κ3) is 2.53. The number of aliphatic hydroxyl groups is 1. The van der Waals surface area contributed by atoms with Crippen LogP contribution in [0.1, 0.15) is 17.4 Å².